The number of aryl methyl sites for hydroxylation is 1. The minimum Gasteiger partial charge on any atom is -0.379 e. The summed E-state index contributed by atoms with van der Waals surface area (Å²) in [6, 6.07) is 5.46. The fourth-order valence-corrected chi connectivity index (χ4v) is 2.53. The molecule has 0 unspecified atom stereocenters. The Morgan fingerprint density at radius 3 is 3.00 bits per heavy atom. The molecule has 0 bridgehead atoms. The molecule has 0 saturated carbocycles. The Morgan fingerprint density at radius 2 is 2.26 bits per heavy atom. The normalized spacial score (nSPS) is 10.8. The first kappa shape index (κ1) is 11.6. The van der Waals surface area contributed by atoms with Gasteiger partial charge in [0, 0.05) is 5.69 Å². The van der Waals surface area contributed by atoms with Gasteiger partial charge < -0.3 is 11.1 Å². The number of hydrogen-bond donors (Lipinski definition) is 2. The first-order valence-electron chi connectivity index (χ1n) is 5.40. The minimum absolute atomic E-state index is 0.0272. The van der Waals surface area contributed by atoms with Gasteiger partial charge >= 0.3 is 0 Å². The van der Waals surface area contributed by atoms with Gasteiger partial charge in [0.25, 0.3) is 5.91 Å². The van der Waals surface area contributed by atoms with Crippen molar-refractivity contribution in [2.45, 2.75) is 6.92 Å². The highest BCUT2D eigenvalue weighted by Crippen LogP contribution is 2.25. The molecule has 0 atom stereocenters. The van der Waals surface area contributed by atoms with Crippen molar-refractivity contribution in [1.82, 2.24) is 15.3 Å². The third-order valence-corrected chi connectivity index (χ3v) is 3.42. The van der Waals surface area contributed by atoms with Gasteiger partial charge in [-0.05, 0) is 35.4 Å². The molecule has 2 aromatic heterocycles. The van der Waals surface area contributed by atoms with Crippen molar-refractivity contribution in [1.29, 1.82) is 0 Å². The number of benzene rings is 1. The topological polar surface area (TPSA) is 107 Å². The Balaban J connectivity index is 1.89. The van der Waals surface area contributed by atoms with E-state index in [4.69, 9.17) is 5.73 Å². The van der Waals surface area contributed by atoms with Gasteiger partial charge in [0.15, 0.2) is 0 Å². The van der Waals surface area contributed by atoms with Gasteiger partial charge in [-0.15, -0.1) is 11.3 Å². The van der Waals surface area contributed by atoms with E-state index >= 15 is 0 Å². The number of anilines is 2. The summed E-state index contributed by atoms with van der Waals surface area (Å²) in [5.41, 5.74) is 6.97. The van der Waals surface area contributed by atoms with E-state index in [1.54, 1.807) is 17.4 Å². The zero-order valence-corrected chi connectivity index (χ0v) is 10.7. The second-order valence-electron chi connectivity index (χ2n) is 3.87. The number of carbonyl (C=O) groups excluding carboxylic acids is 1. The number of aromatic nitrogens is 3. The molecule has 0 fully saturated rings. The molecule has 7 nitrogen and oxygen atoms in total. The fourth-order valence-electron chi connectivity index (χ4n) is 1.66. The van der Waals surface area contributed by atoms with Crippen LogP contribution in [0.5, 0.6) is 0 Å². The lowest BCUT2D eigenvalue weighted by Gasteiger charge is -2.02. The highest BCUT2D eigenvalue weighted by atomic mass is 32.1. The first-order valence-corrected chi connectivity index (χ1v) is 6.22. The van der Waals surface area contributed by atoms with Crippen LogP contribution in [-0.2, 0) is 0 Å². The molecule has 1 amide bonds. The number of carbonyl (C=O) groups is 1. The van der Waals surface area contributed by atoms with Crippen LogP contribution in [-0.4, -0.2) is 21.2 Å². The summed E-state index contributed by atoms with van der Waals surface area (Å²) in [6.45, 7) is 1.94. The van der Waals surface area contributed by atoms with Gasteiger partial charge in [-0.1, -0.05) is 0 Å². The minimum atomic E-state index is -0.459. The Hall–Kier alpha value is -2.48. The van der Waals surface area contributed by atoms with Gasteiger partial charge in [-0.2, -0.15) is 0 Å². The highest BCUT2D eigenvalue weighted by Gasteiger charge is 2.16. The molecular weight excluding hydrogens is 266 g/mol. The van der Waals surface area contributed by atoms with E-state index in [1.807, 2.05) is 19.1 Å². The molecule has 0 aliphatic rings. The van der Waals surface area contributed by atoms with Crippen LogP contribution in [0.2, 0.25) is 0 Å². The predicted molar refractivity (Wildman–Crippen MR) is 71.0 cm³/mol. The molecule has 2 heterocycles. The smallest absolute Gasteiger partial charge is 0.281 e. The van der Waals surface area contributed by atoms with Crippen LogP contribution in [0.1, 0.15) is 15.5 Å². The maximum absolute atomic E-state index is 11.9. The van der Waals surface area contributed by atoms with Crippen molar-refractivity contribution in [3.63, 3.8) is 0 Å². The van der Waals surface area contributed by atoms with E-state index in [9.17, 15) is 4.79 Å². The largest absolute Gasteiger partial charge is 0.379 e. The van der Waals surface area contributed by atoms with Crippen molar-refractivity contribution in [2.24, 2.45) is 0 Å². The van der Waals surface area contributed by atoms with Crippen LogP contribution in [0.3, 0.4) is 0 Å². The van der Waals surface area contributed by atoms with E-state index < -0.39 is 5.91 Å². The molecule has 3 rings (SSSR count). The number of fused-ring (bicyclic) bond motifs is 1. The zero-order chi connectivity index (χ0) is 13.4. The number of nitrogens with zero attached hydrogens (tertiary/aromatic N) is 3. The summed E-state index contributed by atoms with van der Waals surface area (Å²) in [6.07, 6.45) is 0. The van der Waals surface area contributed by atoms with Crippen LogP contribution in [0.25, 0.3) is 10.2 Å². The molecule has 0 aliphatic carbocycles. The maximum atomic E-state index is 11.9. The predicted octanol–water partition coefficient (Wildman–Crippen LogP) is 1.82. The summed E-state index contributed by atoms with van der Waals surface area (Å²) in [5.74, 6) is -0.494. The number of nitrogens with one attached hydrogen (secondary N) is 1. The van der Waals surface area contributed by atoms with Gasteiger partial charge in [0.1, 0.15) is 0 Å². The molecule has 19 heavy (non-hydrogen) atoms. The molecule has 0 aliphatic heterocycles. The summed E-state index contributed by atoms with van der Waals surface area (Å²) in [7, 11) is 0. The number of rotatable bonds is 2. The Labute approximate surface area is 111 Å². The quantitative estimate of drug-likeness (QED) is 0.738. The summed E-state index contributed by atoms with van der Waals surface area (Å²) < 4.78 is 5.39. The van der Waals surface area contributed by atoms with Crippen LogP contribution in [0.15, 0.2) is 22.8 Å². The second kappa shape index (κ2) is 4.32. The number of thiazole rings is 1. The third kappa shape index (κ3) is 2.13. The monoisotopic (exact) mass is 275 g/mol. The molecule has 96 valence electrons. The van der Waals surface area contributed by atoms with Crippen LogP contribution >= 0.6 is 11.3 Å². The van der Waals surface area contributed by atoms with Crippen molar-refractivity contribution >= 4 is 39.0 Å². The first-order chi connectivity index (χ1) is 9.13. The van der Waals surface area contributed by atoms with Crippen molar-refractivity contribution in [3.05, 3.63) is 28.9 Å². The lowest BCUT2D eigenvalue weighted by Crippen LogP contribution is -2.14. The SMILES string of the molecule is Cc1nc2ccc(NC(=O)c3nonc3N)cc2s1. The fraction of sp³-hybridized carbons (Fsp3) is 0.0909. The summed E-state index contributed by atoms with van der Waals surface area (Å²) >= 11 is 1.56. The number of nitrogen functional groups attached to an aromatic ring is 1. The van der Waals surface area contributed by atoms with Crippen LogP contribution in [0.4, 0.5) is 11.5 Å². The molecule has 3 aromatic rings. The second-order valence-corrected chi connectivity index (χ2v) is 5.10. The van der Waals surface area contributed by atoms with Crippen LogP contribution < -0.4 is 11.1 Å². The standard InChI is InChI=1S/C11H9N5O2S/c1-5-13-7-3-2-6(4-8(7)19-5)14-11(17)9-10(12)16-18-15-9/h2-4H,1H3,(H2,12,16)(H,14,17). The highest BCUT2D eigenvalue weighted by molar-refractivity contribution is 7.18. The zero-order valence-electron chi connectivity index (χ0n) is 9.88. The van der Waals surface area contributed by atoms with Crippen molar-refractivity contribution in [3.8, 4) is 0 Å². The van der Waals surface area contributed by atoms with Gasteiger partial charge in [-0.3, -0.25) is 4.79 Å². The third-order valence-electron chi connectivity index (χ3n) is 2.48. The molecule has 3 N–H and O–H groups in total. The van der Waals surface area contributed by atoms with E-state index in [1.165, 1.54) is 0 Å². The summed E-state index contributed by atoms with van der Waals surface area (Å²) in [5, 5.41) is 10.5. The number of nitrogens with two attached hydrogens (primary N) is 1. The maximum Gasteiger partial charge on any atom is 0.281 e. The molecule has 0 saturated heterocycles. The Bertz CT molecular complexity index is 763. The lowest BCUT2D eigenvalue weighted by molar-refractivity contribution is 0.101. The van der Waals surface area contributed by atoms with Gasteiger partial charge in [0.2, 0.25) is 11.5 Å². The molecule has 1 aromatic carbocycles. The average Bonchev–Trinajstić information content (AvgIpc) is 2.93. The van der Waals surface area contributed by atoms with Gasteiger partial charge in [0.05, 0.1) is 15.2 Å². The number of hydrogen-bond acceptors (Lipinski definition) is 7. The van der Waals surface area contributed by atoms with Crippen molar-refractivity contribution < 1.29 is 9.42 Å². The Morgan fingerprint density at radius 1 is 1.42 bits per heavy atom. The lowest BCUT2D eigenvalue weighted by atomic mass is 10.3. The van der Waals surface area contributed by atoms with Crippen LogP contribution in [0, 0.1) is 6.92 Å². The summed E-state index contributed by atoms with van der Waals surface area (Å²) in [4.78, 5) is 16.2. The van der Waals surface area contributed by atoms with E-state index in [-0.39, 0.29) is 11.5 Å². The van der Waals surface area contributed by atoms with Crippen molar-refractivity contribution in [2.75, 3.05) is 11.1 Å². The van der Waals surface area contributed by atoms with Gasteiger partial charge in [-0.25, -0.2) is 9.61 Å². The van der Waals surface area contributed by atoms with E-state index in [0.29, 0.717) is 5.69 Å². The molecular formula is C11H9N5O2S. The molecule has 0 radical (unpaired) electrons. The average molecular weight is 275 g/mol. The number of amides is 1. The van der Waals surface area contributed by atoms with E-state index in [2.05, 4.69) is 25.2 Å². The molecule has 0 spiro atoms. The Kier molecular flexibility index (Phi) is 2.64. The van der Waals surface area contributed by atoms with E-state index in [0.717, 1.165) is 15.2 Å². The molecule has 8 heteroatoms.